The zero-order chi connectivity index (χ0) is 15.9. The van der Waals surface area contributed by atoms with Gasteiger partial charge in [0.1, 0.15) is 5.75 Å². The van der Waals surface area contributed by atoms with Crippen molar-refractivity contribution in [3.63, 3.8) is 0 Å². The van der Waals surface area contributed by atoms with E-state index in [-0.39, 0.29) is 5.91 Å². The molecule has 0 atom stereocenters. The molecule has 0 saturated heterocycles. The van der Waals surface area contributed by atoms with Gasteiger partial charge < -0.3 is 15.8 Å². The Morgan fingerprint density at radius 1 is 1.18 bits per heavy atom. The van der Waals surface area contributed by atoms with Gasteiger partial charge in [0.2, 0.25) is 5.91 Å². The number of amides is 1. The van der Waals surface area contributed by atoms with E-state index in [1.54, 1.807) is 6.07 Å². The highest BCUT2D eigenvalue weighted by Gasteiger charge is 2.05. The second kappa shape index (κ2) is 7.50. The summed E-state index contributed by atoms with van der Waals surface area (Å²) in [6.07, 6.45) is 1.10. The lowest BCUT2D eigenvalue weighted by Crippen LogP contribution is -2.13. The van der Waals surface area contributed by atoms with E-state index in [0.29, 0.717) is 25.1 Å². The van der Waals surface area contributed by atoms with Crippen LogP contribution >= 0.6 is 0 Å². The van der Waals surface area contributed by atoms with Crippen LogP contribution in [0.5, 0.6) is 5.75 Å². The number of carbonyl (C=O) groups excluding carboxylic acids is 1. The lowest BCUT2D eigenvalue weighted by molar-refractivity contribution is -0.116. The molecule has 2 aromatic carbocycles. The molecule has 22 heavy (non-hydrogen) atoms. The third kappa shape index (κ3) is 4.81. The summed E-state index contributed by atoms with van der Waals surface area (Å²) in [7, 11) is 0. The highest BCUT2D eigenvalue weighted by atomic mass is 16.5. The van der Waals surface area contributed by atoms with Gasteiger partial charge in [-0.25, -0.2) is 0 Å². The molecule has 4 heteroatoms. The number of carbonyl (C=O) groups is 1. The maximum absolute atomic E-state index is 11.9. The molecule has 0 saturated carbocycles. The fourth-order valence-corrected chi connectivity index (χ4v) is 2.17. The standard InChI is InChI=1S/C18H22N2O2/c1-13-5-3-6-16(11-13)22-10-4-7-18(21)20-17-9-8-15(19)12-14(17)2/h3,5-6,8-9,11-12H,4,7,10,19H2,1-2H3,(H,20,21). The van der Waals surface area contributed by atoms with E-state index in [4.69, 9.17) is 10.5 Å². The summed E-state index contributed by atoms with van der Waals surface area (Å²) in [5, 5.41) is 2.90. The molecule has 0 unspecified atom stereocenters. The molecule has 0 bridgehead atoms. The number of anilines is 2. The summed E-state index contributed by atoms with van der Waals surface area (Å²) in [6.45, 7) is 4.47. The van der Waals surface area contributed by atoms with Crippen LogP contribution in [0.15, 0.2) is 42.5 Å². The van der Waals surface area contributed by atoms with Crippen LogP contribution in [0.25, 0.3) is 0 Å². The molecule has 0 aromatic heterocycles. The summed E-state index contributed by atoms with van der Waals surface area (Å²) in [5.74, 6) is 0.829. The molecule has 0 aliphatic carbocycles. The molecular formula is C18H22N2O2. The fraction of sp³-hybridized carbons (Fsp3) is 0.278. The van der Waals surface area contributed by atoms with Gasteiger partial charge in [0.15, 0.2) is 0 Å². The predicted octanol–water partition coefficient (Wildman–Crippen LogP) is 3.68. The molecular weight excluding hydrogens is 276 g/mol. The summed E-state index contributed by atoms with van der Waals surface area (Å²) in [4.78, 5) is 11.9. The maximum atomic E-state index is 11.9. The van der Waals surface area contributed by atoms with Crippen LogP contribution in [-0.4, -0.2) is 12.5 Å². The van der Waals surface area contributed by atoms with Crippen LogP contribution in [0.4, 0.5) is 11.4 Å². The predicted molar refractivity (Wildman–Crippen MR) is 90.1 cm³/mol. The molecule has 4 nitrogen and oxygen atoms in total. The third-order valence-electron chi connectivity index (χ3n) is 3.33. The number of aryl methyl sites for hydroxylation is 2. The minimum absolute atomic E-state index is 0.0132. The number of hydrogen-bond acceptors (Lipinski definition) is 3. The van der Waals surface area contributed by atoms with Gasteiger partial charge in [0.05, 0.1) is 6.61 Å². The summed E-state index contributed by atoms with van der Waals surface area (Å²) in [5.41, 5.74) is 9.32. The van der Waals surface area contributed by atoms with Crippen molar-refractivity contribution in [3.05, 3.63) is 53.6 Å². The van der Waals surface area contributed by atoms with Gasteiger partial charge in [0.25, 0.3) is 0 Å². The Labute approximate surface area is 131 Å². The van der Waals surface area contributed by atoms with Gasteiger partial charge in [-0.3, -0.25) is 4.79 Å². The van der Waals surface area contributed by atoms with Gasteiger partial charge in [-0.2, -0.15) is 0 Å². The number of nitrogens with two attached hydrogens (primary N) is 1. The van der Waals surface area contributed by atoms with Crippen LogP contribution in [0, 0.1) is 13.8 Å². The Bertz CT molecular complexity index is 653. The largest absolute Gasteiger partial charge is 0.494 e. The number of ether oxygens (including phenoxy) is 1. The molecule has 0 heterocycles. The summed E-state index contributed by atoms with van der Waals surface area (Å²) in [6, 6.07) is 13.3. The average molecular weight is 298 g/mol. The van der Waals surface area contributed by atoms with Crippen molar-refractivity contribution in [3.8, 4) is 5.75 Å². The molecule has 2 aromatic rings. The first-order chi connectivity index (χ1) is 10.5. The minimum Gasteiger partial charge on any atom is -0.494 e. The van der Waals surface area contributed by atoms with E-state index in [1.807, 2.05) is 50.2 Å². The molecule has 1 amide bonds. The van der Waals surface area contributed by atoms with Gasteiger partial charge >= 0.3 is 0 Å². The molecule has 2 rings (SSSR count). The second-order valence-corrected chi connectivity index (χ2v) is 5.39. The summed E-state index contributed by atoms with van der Waals surface area (Å²) >= 11 is 0. The van der Waals surface area contributed by atoms with Gasteiger partial charge in [-0.05, 0) is 61.7 Å². The van der Waals surface area contributed by atoms with Crippen molar-refractivity contribution in [2.45, 2.75) is 26.7 Å². The topological polar surface area (TPSA) is 64.3 Å². The van der Waals surface area contributed by atoms with Crippen LogP contribution in [0.2, 0.25) is 0 Å². The van der Waals surface area contributed by atoms with E-state index in [2.05, 4.69) is 5.32 Å². The van der Waals surface area contributed by atoms with Crippen LogP contribution in [-0.2, 0) is 4.79 Å². The van der Waals surface area contributed by atoms with Crippen molar-refractivity contribution < 1.29 is 9.53 Å². The van der Waals surface area contributed by atoms with Gasteiger partial charge in [-0.15, -0.1) is 0 Å². The first-order valence-corrected chi connectivity index (χ1v) is 7.40. The number of benzene rings is 2. The molecule has 0 spiro atoms. The van der Waals surface area contributed by atoms with E-state index in [0.717, 1.165) is 22.6 Å². The molecule has 0 aliphatic rings. The monoisotopic (exact) mass is 298 g/mol. The van der Waals surface area contributed by atoms with Crippen molar-refractivity contribution in [1.82, 2.24) is 0 Å². The molecule has 0 fully saturated rings. The van der Waals surface area contributed by atoms with E-state index in [1.165, 1.54) is 0 Å². The van der Waals surface area contributed by atoms with Crippen molar-refractivity contribution >= 4 is 17.3 Å². The zero-order valence-electron chi connectivity index (χ0n) is 13.1. The van der Waals surface area contributed by atoms with Crippen molar-refractivity contribution in [1.29, 1.82) is 0 Å². The molecule has 0 aliphatic heterocycles. The van der Waals surface area contributed by atoms with Crippen LogP contribution in [0.3, 0.4) is 0 Å². The SMILES string of the molecule is Cc1cccc(OCCCC(=O)Nc2ccc(N)cc2C)c1. The molecule has 116 valence electrons. The van der Waals surface area contributed by atoms with E-state index >= 15 is 0 Å². The minimum atomic E-state index is -0.0132. The Morgan fingerprint density at radius 3 is 2.73 bits per heavy atom. The lowest BCUT2D eigenvalue weighted by atomic mass is 10.1. The van der Waals surface area contributed by atoms with Crippen LogP contribution < -0.4 is 15.8 Å². The first-order valence-electron chi connectivity index (χ1n) is 7.40. The quantitative estimate of drug-likeness (QED) is 0.631. The number of nitrogens with one attached hydrogen (secondary N) is 1. The Kier molecular flexibility index (Phi) is 5.42. The molecule has 3 N–H and O–H groups in total. The van der Waals surface area contributed by atoms with E-state index < -0.39 is 0 Å². The highest BCUT2D eigenvalue weighted by molar-refractivity contribution is 5.91. The zero-order valence-corrected chi connectivity index (χ0v) is 13.1. The highest BCUT2D eigenvalue weighted by Crippen LogP contribution is 2.18. The normalized spacial score (nSPS) is 10.3. The number of hydrogen-bond donors (Lipinski definition) is 2. The Balaban J connectivity index is 1.74. The van der Waals surface area contributed by atoms with Gasteiger partial charge in [0, 0.05) is 17.8 Å². The number of rotatable bonds is 6. The smallest absolute Gasteiger partial charge is 0.224 e. The summed E-state index contributed by atoms with van der Waals surface area (Å²) < 4.78 is 5.63. The third-order valence-corrected chi connectivity index (χ3v) is 3.33. The van der Waals surface area contributed by atoms with Crippen molar-refractivity contribution in [2.24, 2.45) is 0 Å². The fourth-order valence-electron chi connectivity index (χ4n) is 2.17. The average Bonchev–Trinajstić information content (AvgIpc) is 2.47. The number of nitrogen functional groups attached to an aromatic ring is 1. The Morgan fingerprint density at radius 2 is 2.00 bits per heavy atom. The van der Waals surface area contributed by atoms with Crippen molar-refractivity contribution in [2.75, 3.05) is 17.7 Å². The van der Waals surface area contributed by atoms with Crippen LogP contribution in [0.1, 0.15) is 24.0 Å². The first kappa shape index (κ1) is 15.9. The lowest BCUT2D eigenvalue weighted by Gasteiger charge is -2.10. The van der Waals surface area contributed by atoms with E-state index in [9.17, 15) is 4.79 Å². The van der Waals surface area contributed by atoms with Gasteiger partial charge in [-0.1, -0.05) is 12.1 Å². The molecule has 0 radical (unpaired) electrons. The Hall–Kier alpha value is -2.49. The second-order valence-electron chi connectivity index (χ2n) is 5.39. The maximum Gasteiger partial charge on any atom is 0.224 e.